The first-order chi connectivity index (χ1) is 15.1. The van der Waals surface area contributed by atoms with Crippen molar-refractivity contribution in [2.75, 3.05) is 26.2 Å². The van der Waals surface area contributed by atoms with E-state index >= 15 is 0 Å². The van der Waals surface area contributed by atoms with Gasteiger partial charge in [-0.25, -0.2) is 0 Å². The summed E-state index contributed by atoms with van der Waals surface area (Å²) < 4.78 is 16.4. The van der Waals surface area contributed by atoms with Gasteiger partial charge in [0.1, 0.15) is 0 Å². The van der Waals surface area contributed by atoms with Crippen LogP contribution in [0.5, 0.6) is 17.2 Å². The van der Waals surface area contributed by atoms with Crippen molar-refractivity contribution in [2.45, 2.75) is 6.42 Å². The van der Waals surface area contributed by atoms with E-state index in [4.69, 9.17) is 14.2 Å². The van der Waals surface area contributed by atoms with E-state index < -0.39 is 0 Å². The number of carbonyl (C=O) groups excluding carboxylic acids is 1. The van der Waals surface area contributed by atoms with Crippen LogP contribution in [0.1, 0.15) is 5.69 Å². The van der Waals surface area contributed by atoms with Gasteiger partial charge in [-0.3, -0.25) is 14.7 Å². The van der Waals surface area contributed by atoms with Crippen molar-refractivity contribution in [3.05, 3.63) is 60.6 Å². The molecule has 0 unspecified atom stereocenters. The van der Waals surface area contributed by atoms with E-state index in [2.05, 4.69) is 9.97 Å². The number of ether oxygens (including phenoxy) is 3. The Labute approximate surface area is 179 Å². The number of aromatic nitrogens is 2. The lowest BCUT2D eigenvalue weighted by Crippen LogP contribution is -2.20. The van der Waals surface area contributed by atoms with Gasteiger partial charge < -0.3 is 19.2 Å². The minimum atomic E-state index is -0.000530. The predicted octanol–water partition coefficient (Wildman–Crippen LogP) is 4.48. The van der Waals surface area contributed by atoms with E-state index in [9.17, 15) is 4.79 Å². The van der Waals surface area contributed by atoms with Gasteiger partial charge >= 0.3 is 0 Å². The average Bonchev–Trinajstić information content (AvgIpc) is 3.40. The Hall–Kier alpha value is -4.00. The van der Waals surface area contributed by atoms with Gasteiger partial charge in [0, 0.05) is 34.5 Å². The number of aromatic amines is 1. The zero-order chi connectivity index (χ0) is 21.5. The molecule has 1 N–H and O–H groups in total. The summed E-state index contributed by atoms with van der Waals surface area (Å²) in [5.74, 6) is 1.64. The molecule has 0 bridgehead atoms. The molecule has 0 fully saturated rings. The molecule has 3 heterocycles. The van der Waals surface area contributed by atoms with Gasteiger partial charge in [0.2, 0.25) is 11.7 Å². The van der Waals surface area contributed by atoms with Crippen LogP contribution < -0.4 is 19.1 Å². The molecule has 0 saturated carbocycles. The highest BCUT2D eigenvalue weighted by Crippen LogP contribution is 2.43. The number of amides is 1. The number of nitrogens with one attached hydrogen (secondary N) is 1. The van der Waals surface area contributed by atoms with E-state index in [1.807, 2.05) is 48.7 Å². The molecule has 0 saturated heterocycles. The monoisotopic (exact) mass is 415 g/mol. The van der Waals surface area contributed by atoms with Crippen LogP contribution in [0.4, 0.5) is 11.4 Å². The summed E-state index contributed by atoms with van der Waals surface area (Å²) in [5, 5.41) is 1.05. The number of hydrogen-bond acceptors (Lipinski definition) is 5. The van der Waals surface area contributed by atoms with Crippen LogP contribution >= 0.6 is 0 Å². The summed E-state index contributed by atoms with van der Waals surface area (Å²) in [6.07, 6.45) is 3.93. The normalized spacial score (nSPS) is 12.9. The largest absolute Gasteiger partial charge is 0.493 e. The van der Waals surface area contributed by atoms with E-state index in [1.54, 1.807) is 32.4 Å². The molecular weight excluding hydrogens is 394 g/mol. The highest BCUT2D eigenvalue weighted by atomic mass is 16.5. The molecule has 1 aliphatic rings. The topological polar surface area (TPSA) is 76.7 Å². The van der Waals surface area contributed by atoms with E-state index in [-0.39, 0.29) is 12.3 Å². The first kappa shape index (κ1) is 19.0. The van der Waals surface area contributed by atoms with E-state index in [1.165, 1.54) is 0 Å². The molecule has 2 aromatic heterocycles. The third-order valence-corrected chi connectivity index (χ3v) is 5.55. The van der Waals surface area contributed by atoms with Crippen LogP contribution in [0.2, 0.25) is 0 Å². The highest BCUT2D eigenvalue weighted by molar-refractivity contribution is 6.08. The summed E-state index contributed by atoms with van der Waals surface area (Å²) in [5.41, 5.74) is 5.09. The maximum atomic E-state index is 12.9. The maximum Gasteiger partial charge on any atom is 0.237 e. The van der Waals surface area contributed by atoms with Crippen LogP contribution in [0.25, 0.3) is 22.0 Å². The summed E-state index contributed by atoms with van der Waals surface area (Å²) >= 11 is 0. The first-order valence-corrected chi connectivity index (χ1v) is 9.82. The van der Waals surface area contributed by atoms with Crippen LogP contribution in [-0.4, -0.2) is 37.2 Å². The molecule has 1 aliphatic heterocycles. The number of fused-ring (bicyclic) bond motifs is 2. The fourth-order valence-electron chi connectivity index (χ4n) is 4.04. The average molecular weight is 415 g/mol. The highest BCUT2D eigenvalue weighted by Gasteiger charge is 2.30. The number of pyridine rings is 1. The second kappa shape index (κ2) is 7.36. The van der Waals surface area contributed by atoms with Crippen molar-refractivity contribution in [3.8, 4) is 28.4 Å². The van der Waals surface area contributed by atoms with Crippen molar-refractivity contribution >= 4 is 28.2 Å². The molecule has 31 heavy (non-hydrogen) atoms. The van der Waals surface area contributed by atoms with Crippen molar-refractivity contribution in [3.63, 3.8) is 0 Å². The lowest BCUT2D eigenvalue weighted by Gasteiger charge is -2.19. The van der Waals surface area contributed by atoms with Crippen molar-refractivity contribution in [1.82, 2.24) is 9.97 Å². The molecule has 4 aromatic rings. The smallest absolute Gasteiger partial charge is 0.237 e. The Bertz CT molecular complexity index is 1290. The van der Waals surface area contributed by atoms with Crippen molar-refractivity contribution in [1.29, 1.82) is 0 Å². The second-order valence-electron chi connectivity index (χ2n) is 7.26. The van der Waals surface area contributed by atoms with E-state index in [0.29, 0.717) is 17.2 Å². The number of carbonyl (C=O) groups is 1. The second-order valence-corrected chi connectivity index (χ2v) is 7.26. The third-order valence-electron chi connectivity index (χ3n) is 5.55. The number of methoxy groups -OCH3 is 3. The van der Waals surface area contributed by atoms with E-state index in [0.717, 1.165) is 39.1 Å². The molecule has 7 nitrogen and oxygen atoms in total. The van der Waals surface area contributed by atoms with Gasteiger partial charge in [-0.15, -0.1) is 0 Å². The summed E-state index contributed by atoms with van der Waals surface area (Å²) in [6, 6.07) is 13.6. The lowest BCUT2D eigenvalue weighted by atomic mass is 10.0. The third kappa shape index (κ3) is 3.06. The molecular formula is C24H21N3O4. The minimum Gasteiger partial charge on any atom is -0.493 e. The molecule has 1 amide bonds. The number of benzene rings is 2. The molecule has 0 spiro atoms. The SMILES string of the molecule is COc1cc(-c2cnc3c(c2)N(c2ccc4[nH]ccc4c2)C(=O)C3)cc(OC)c1OC. The molecule has 7 heteroatoms. The Balaban J connectivity index is 1.61. The Morgan fingerprint density at radius 3 is 2.42 bits per heavy atom. The Kier molecular flexibility index (Phi) is 4.51. The molecule has 5 rings (SSSR count). The van der Waals surface area contributed by atoms with Gasteiger partial charge in [-0.05, 0) is 48.0 Å². The predicted molar refractivity (Wildman–Crippen MR) is 118 cm³/mol. The van der Waals surface area contributed by atoms with Crippen molar-refractivity contribution < 1.29 is 19.0 Å². The zero-order valence-electron chi connectivity index (χ0n) is 17.4. The van der Waals surface area contributed by atoms with Gasteiger partial charge in [0.05, 0.1) is 39.1 Å². The summed E-state index contributed by atoms with van der Waals surface area (Å²) in [7, 11) is 4.74. The number of nitrogens with zero attached hydrogens (tertiary/aromatic N) is 2. The van der Waals surface area contributed by atoms with Crippen LogP contribution in [0.3, 0.4) is 0 Å². The number of hydrogen-bond donors (Lipinski definition) is 1. The molecule has 0 radical (unpaired) electrons. The number of anilines is 2. The standard InChI is InChI=1S/C24H21N3O4/c1-29-21-10-15(11-22(30-2)24(21)31-3)16-9-20-19(26-13-16)12-23(28)27(20)17-4-5-18-14(8-17)6-7-25-18/h4-11,13,25H,12H2,1-3H3. The lowest BCUT2D eigenvalue weighted by molar-refractivity contribution is -0.116. The zero-order valence-corrected chi connectivity index (χ0v) is 17.4. The Morgan fingerprint density at radius 1 is 0.935 bits per heavy atom. The molecule has 0 aliphatic carbocycles. The van der Waals surface area contributed by atoms with Crippen molar-refractivity contribution in [2.24, 2.45) is 0 Å². The van der Waals surface area contributed by atoms with Crippen LogP contribution in [-0.2, 0) is 11.2 Å². The molecule has 156 valence electrons. The van der Waals surface area contributed by atoms with Gasteiger partial charge in [-0.1, -0.05) is 0 Å². The number of rotatable bonds is 5. The summed E-state index contributed by atoms with van der Waals surface area (Å²) in [4.78, 5) is 22.4. The maximum absolute atomic E-state index is 12.9. The fourth-order valence-corrected chi connectivity index (χ4v) is 4.04. The van der Waals surface area contributed by atoms with Crippen LogP contribution in [0, 0.1) is 0 Å². The quantitative estimate of drug-likeness (QED) is 0.520. The van der Waals surface area contributed by atoms with Gasteiger partial charge in [0.15, 0.2) is 11.5 Å². The minimum absolute atomic E-state index is 0.000530. The first-order valence-electron chi connectivity index (χ1n) is 9.82. The molecule has 2 aromatic carbocycles. The fraction of sp³-hybridized carbons (Fsp3) is 0.167. The van der Waals surface area contributed by atoms with Crippen LogP contribution in [0.15, 0.2) is 54.9 Å². The van der Waals surface area contributed by atoms with Gasteiger partial charge in [-0.2, -0.15) is 0 Å². The molecule has 0 atom stereocenters. The summed E-state index contributed by atoms with van der Waals surface area (Å²) in [6.45, 7) is 0. The number of H-pyrrole nitrogens is 1. The Morgan fingerprint density at radius 2 is 1.71 bits per heavy atom. The van der Waals surface area contributed by atoms with Gasteiger partial charge in [0.25, 0.3) is 0 Å².